The lowest BCUT2D eigenvalue weighted by molar-refractivity contribution is 0.669. The molecule has 5 heteroatoms. The minimum atomic E-state index is 0.856. The van der Waals surface area contributed by atoms with Crippen molar-refractivity contribution >= 4 is 92.1 Å². The monoisotopic (exact) mass is 802 g/mol. The van der Waals surface area contributed by atoms with Crippen LogP contribution in [0.4, 0.5) is 17.1 Å². The number of para-hydroxylation sites is 1. The van der Waals surface area contributed by atoms with Crippen molar-refractivity contribution in [3.63, 3.8) is 0 Å². The van der Waals surface area contributed by atoms with Crippen molar-refractivity contribution < 1.29 is 4.42 Å². The Hall–Kier alpha value is -7.31. The Morgan fingerprint density at radius 1 is 0.400 bits per heavy atom. The highest BCUT2D eigenvalue weighted by atomic mass is 32.1. The van der Waals surface area contributed by atoms with Gasteiger partial charge in [-0.05, 0) is 88.5 Å². The van der Waals surface area contributed by atoms with Gasteiger partial charge in [-0.15, -0.1) is 22.7 Å². The molecule has 0 saturated heterocycles. The molecular weight excluding hydrogens is 769 g/mol. The van der Waals surface area contributed by atoms with Crippen LogP contribution in [-0.2, 0) is 0 Å². The molecule has 3 nitrogen and oxygen atoms in total. The van der Waals surface area contributed by atoms with Crippen molar-refractivity contribution in [1.29, 1.82) is 0 Å². The van der Waals surface area contributed by atoms with E-state index in [1.54, 1.807) is 11.3 Å². The quantitative estimate of drug-likeness (QED) is 0.161. The Bertz CT molecular complexity index is 3530. The number of rotatable bonds is 7. The molecule has 0 saturated carbocycles. The molecule has 0 amide bonds. The number of thiazole rings is 1. The molecule has 0 N–H and O–H groups in total. The molecule has 9 aromatic carbocycles. The Kier molecular flexibility index (Phi) is 8.22. The Labute approximate surface area is 354 Å². The molecule has 0 aliphatic carbocycles. The van der Waals surface area contributed by atoms with E-state index in [2.05, 4.69) is 205 Å². The highest BCUT2D eigenvalue weighted by molar-refractivity contribution is 7.26. The van der Waals surface area contributed by atoms with Crippen LogP contribution in [0.5, 0.6) is 0 Å². The van der Waals surface area contributed by atoms with Crippen LogP contribution >= 0.6 is 22.7 Å². The molecule has 12 rings (SSSR count). The first kappa shape index (κ1) is 34.7. The summed E-state index contributed by atoms with van der Waals surface area (Å²) in [5.41, 5.74) is 14.2. The summed E-state index contributed by atoms with van der Waals surface area (Å²) >= 11 is 3.59. The van der Waals surface area contributed by atoms with Crippen molar-refractivity contribution in [2.24, 2.45) is 0 Å². The highest BCUT2D eigenvalue weighted by Gasteiger charge is 2.20. The molecule has 0 unspecified atom stereocenters. The van der Waals surface area contributed by atoms with Crippen LogP contribution in [0.25, 0.3) is 96.3 Å². The van der Waals surface area contributed by atoms with E-state index in [0.29, 0.717) is 0 Å². The summed E-state index contributed by atoms with van der Waals surface area (Å²) in [6.45, 7) is 0. The zero-order valence-corrected chi connectivity index (χ0v) is 33.9. The van der Waals surface area contributed by atoms with E-state index in [1.807, 2.05) is 17.4 Å². The van der Waals surface area contributed by atoms with E-state index in [1.165, 1.54) is 42.4 Å². The molecule has 0 radical (unpaired) electrons. The first-order valence-electron chi connectivity index (χ1n) is 20.1. The van der Waals surface area contributed by atoms with E-state index in [-0.39, 0.29) is 0 Å². The van der Waals surface area contributed by atoms with Crippen LogP contribution in [-0.4, -0.2) is 4.98 Å². The number of fused-ring (bicyclic) bond motifs is 8. The second-order valence-corrected chi connectivity index (χ2v) is 17.2. The third kappa shape index (κ3) is 5.82. The lowest BCUT2D eigenvalue weighted by atomic mass is 9.99. The maximum atomic E-state index is 6.39. The number of benzene rings is 9. The number of hydrogen-bond donors (Lipinski definition) is 0. The zero-order chi connectivity index (χ0) is 39.6. The molecule has 0 atom stereocenters. The van der Waals surface area contributed by atoms with Crippen molar-refractivity contribution in [2.75, 3.05) is 4.90 Å². The maximum absolute atomic E-state index is 6.39. The van der Waals surface area contributed by atoms with Crippen LogP contribution in [0.15, 0.2) is 211 Å². The lowest BCUT2D eigenvalue weighted by Crippen LogP contribution is -2.11. The third-order valence-electron chi connectivity index (χ3n) is 11.5. The van der Waals surface area contributed by atoms with Gasteiger partial charge < -0.3 is 9.32 Å². The number of hydrogen-bond acceptors (Lipinski definition) is 5. The summed E-state index contributed by atoms with van der Waals surface area (Å²) in [6.07, 6.45) is 0. The first-order valence-corrected chi connectivity index (χ1v) is 21.7. The largest absolute Gasteiger partial charge is 0.456 e. The van der Waals surface area contributed by atoms with Crippen LogP contribution in [0.3, 0.4) is 0 Å². The molecule has 0 aliphatic heterocycles. The fourth-order valence-corrected chi connectivity index (χ4v) is 10.9. The van der Waals surface area contributed by atoms with E-state index in [0.717, 1.165) is 70.9 Å². The van der Waals surface area contributed by atoms with Crippen molar-refractivity contribution in [2.45, 2.75) is 0 Å². The van der Waals surface area contributed by atoms with Gasteiger partial charge in [0.25, 0.3) is 0 Å². The second-order valence-electron chi connectivity index (χ2n) is 15.1. The number of aromatic nitrogens is 1. The average Bonchev–Trinajstić information content (AvgIpc) is 4.04. The van der Waals surface area contributed by atoms with Crippen molar-refractivity contribution in [3.05, 3.63) is 206 Å². The van der Waals surface area contributed by atoms with Gasteiger partial charge >= 0.3 is 0 Å². The Balaban J connectivity index is 0.952. The highest BCUT2D eigenvalue weighted by Crippen LogP contribution is 2.45. The second kappa shape index (κ2) is 14.2. The van der Waals surface area contributed by atoms with Gasteiger partial charge in [-0.1, -0.05) is 146 Å². The Morgan fingerprint density at radius 3 is 1.82 bits per heavy atom. The van der Waals surface area contributed by atoms with Gasteiger partial charge in [-0.25, -0.2) is 4.98 Å². The summed E-state index contributed by atoms with van der Waals surface area (Å²) in [4.78, 5) is 7.53. The molecule has 60 heavy (non-hydrogen) atoms. The first-order chi connectivity index (χ1) is 29.7. The smallest absolute Gasteiger partial charge is 0.137 e. The van der Waals surface area contributed by atoms with Gasteiger partial charge in [-0.3, -0.25) is 0 Å². The number of anilines is 3. The molecule has 0 fully saturated rings. The summed E-state index contributed by atoms with van der Waals surface area (Å²) in [5, 5.41) is 5.78. The lowest BCUT2D eigenvalue weighted by Gasteiger charge is -2.28. The SMILES string of the molecule is c1ccc(-c2nc3c(ccc4oc5ccc(-c6ccc(N(c7ccc(-c8cccc9c8sc8ccccc89)cc7)c7ccccc7-c7ccccc7)cc6)cc5c43)s2)cc1. The van der Waals surface area contributed by atoms with Crippen LogP contribution < -0.4 is 4.90 Å². The molecule has 12 aromatic rings. The molecule has 0 aliphatic rings. The van der Waals surface area contributed by atoms with Gasteiger partial charge in [-0.2, -0.15) is 0 Å². The van der Waals surface area contributed by atoms with Gasteiger partial charge in [0.2, 0.25) is 0 Å². The molecular formula is C55H34N2OS2. The minimum Gasteiger partial charge on any atom is -0.456 e. The molecule has 3 heterocycles. The summed E-state index contributed by atoms with van der Waals surface area (Å²) in [7, 11) is 0. The van der Waals surface area contributed by atoms with Crippen molar-refractivity contribution in [1.82, 2.24) is 4.98 Å². The van der Waals surface area contributed by atoms with E-state index in [9.17, 15) is 0 Å². The van der Waals surface area contributed by atoms with E-state index in [4.69, 9.17) is 9.40 Å². The van der Waals surface area contributed by atoms with Crippen LogP contribution in [0.1, 0.15) is 0 Å². The van der Waals surface area contributed by atoms with Crippen LogP contribution in [0, 0.1) is 0 Å². The molecule has 282 valence electrons. The van der Waals surface area contributed by atoms with Gasteiger partial charge in [0.05, 0.1) is 21.3 Å². The number of nitrogens with zero attached hydrogens (tertiary/aromatic N) is 2. The van der Waals surface area contributed by atoms with E-state index >= 15 is 0 Å². The van der Waals surface area contributed by atoms with Crippen LogP contribution in [0.2, 0.25) is 0 Å². The summed E-state index contributed by atoms with van der Waals surface area (Å²) in [5.74, 6) is 0. The molecule has 3 aromatic heterocycles. The van der Waals surface area contributed by atoms with E-state index < -0.39 is 0 Å². The molecule has 0 spiro atoms. The predicted molar refractivity (Wildman–Crippen MR) is 256 cm³/mol. The standard InChI is InChI=1S/C55H34N2OS2/c1-3-12-36(13-4-1)42-16-7-9-20-47(42)57(41-29-24-37(25-30-41)43-18-11-19-45-44-17-8-10-21-50(44)59-54(43)45)40-27-22-35(23-28-40)39-26-31-48-46(34-39)52-49(58-48)32-33-51-53(52)56-55(60-51)38-14-5-2-6-15-38/h1-34H. The van der Waals surface area contributed by atoms with Gasteiger partial charge in [0.1, 0.15) is 16.2 Å². The fraction of sp³-hybridized carbons (Fsp3) is 0. The molecule has 0 bridgehead atoms. The Morgan fingerprint density at radius 2 is 1.02 bits per heavy atom. The number of furan rings is 1. The summed E-state index contributed by atoms with van der Waals surface area (Å²) < 4.78 is 10.2. The predicted octanol–water partition coefficient (Wildman–Crippen LogP) is 16.7. The maximum Gasteiger partial charge on any atom is 0.137 e. The summed E-state index contributed by atoms with van der Waals surface area (Å²) in [6, 6.07) is 73.9. The van der Waals surface area contributed by atoms with Gasteiger partial charge in [0.15, 0.2) is 0 Å². The minimum absolute atomic E-state index is 0.856. The van der Waals surface area contributed by atoms with Gasteiger partial charge in [0, 0.05) is 48.1 Å². The normalized spacial score (nSPS) is 11.7. The number of thiophene rings is 1. The average molecular weight is 803 g/mol. The topological polar surface area (TPSA) is 29.3 Å². The van der Waals surface area contributed by atoms with Crippen molar-refractivity contribution in [3.8, 4) is 44.0 Å². The fourth-order valence-electron chi connectivity index (χ4n) is 8.66. The third-order valence-corrected chi connectivity index (χ3v) is 13.8. The zero-order valence-electron chi connectivity index (χ0n) is 32.2.